The Morgan fingerprint density at radius 2 is 1.55 bits per heavy atom. The van der Waals surface area contributed by atoms with Crippen molar-refractivity contribution in [2.75, 3.05) is 13.7 Å². The van der Waals surface area contributed by atoms with E-state index in [1.807, 2.05) is 7.11 Å². The molecule has 1 aromatic carbocycles. The Bertz CT molecular complexity index is 499. The third-order valence-electron chi connectivity index (χ3n) is 5.40. The lowest BCUT2D eigenvalue weighted by molar-refractivity contribution is 0.284. The molecule has 0 aromatic heterocycles. The largest absolute Gasteiger partial charge is 0.496 e. The Hall–Kier alpha value is -1.02. The minimum absolute atomic E-state index is 0.105. The summed E-state index contributed by atoms with van der Waals surface area (Å²) in [5.74, 6) is 2.07. The zero-order valence-corrected chi connectivity index (χ0v) is 15.0. The van der Waals surface area contributed by atoms with Crippen molar-refractivity contribution in [3.63, 3.8) is 0 Å². The van der Waals surface area contributed by atoms with Gasteiger partial charge in [-0.1, -0.05) is 59.1 Å². The van der Waals surface area contributed by atoms with Gasteiger partial charge in [0.05, 0.1) is 7.11 Å². The Kier molecular flexibility index (Phi) is 5.55. The van der Waals surface area contributed by atoms with Crippen molar-refractivity contribution in [1.82, 2.24) is 0 Å². The number of hydrogen-bond donors (Lipinski definition) is 1. The van der Waals surface area contributed by atoms with E-state index in [1.54, 1.807) is 0 Å². The van der Waals surface area contributed by atoms with Gasteiger partial charge >= 0.3 is 0 Å². The average molecular weight is 303 g/mol. The maximum atomic E-state index is 6.33. The predicted molar refractivity (Wildman–Crippen MR) is 95.0 cm³/mol. The Labute approximate surface area is 136 Å². The van der Waals surface area contributed by atoms with E-state index >= 15 is 0 Å². The maximum Gasteiger partial charge on any atom is 0.126 e. The lowest BCUT2D eigenvalue weighted by atomic mass is 9.66. The third-order valence-corrected chi connectivity index (χ3v) is 5.40. The van der Waals surface area contributed by atoms with Gasteiger partial charge in [-0.15, -0.1) is 0 Å². The summed E-state index contributed by atoms with van der Waals surface area (Å²) in [4.78, 5) is 0. The molecule has 22 heavy (non-hydrogen) atoms. The minimum Gasteiger partial charge on any atom is -0.496 e. The van der Waals surface area contributed by atoms with Crippen LogP contribution in [0.15, 0.2) is 12.1 Å². The summed E-state index contributed by atoms with van der Waals surface area (Å²) >= 11 is 0. The molecule has 1 aliphatic carbocycles. The second-order valence-corrected chi connectivity index (χ2v) is 7.51. The lowest BCUT2D eigenvalue weighted by Gasteiger charge is -2.40. The van der Waals surface area contributed by atoms with Crippen molar-refractivity contribution in [3.8, 4) is 5.75 Å². The number of hydrogen-bond acceptors (Lipinski definition) is 2. The van der Waals surface area contributed by atoms with E-state index in [4.69, 9.17) is 10.5 Å². The molecule has 2 rings (SSSR count). The van der Waals surface area contributed by atoms with Crippen molar-refractivity contribution in [3.05, 3.63) is 28.8 Å². The zero-order chi connectivity index (χ0) is 16.3. The van der Waals surface area contributed by atoms with E-state index in [9.17, 15) is 0 Å². The van der Waals surface area contributed by atoms with E-state index in [0.717, 1.165) is 12.3 Å². The first-order chi connectivity index (χ1) is 10.5. The first-order valence-electron chi connectivity index (χ1n) is 8.88. The number of methoxy groups -OCH3 is 1. The van der Waals surface area contributed by atoms with Crippen molar-refractivity contribution in [2.24, 2.45) is 5.73 Å². The van der Waals surface area contributed by atoms with Crippen molar-refractivity contribution >= 4 is 0 Å². The molecule has 1 saturated carbocycles. The van der Waals surface area contributed by atoms with Crippen LogP contribution < -0.4 is 10.5 Å². The topological polar surface area (TPSA) is 35.2 Å². The molecule has 0 unspecified atom stereocenters. The highest BCUT2D eigenvalue weighted by molar-refractivity contribution is 5.53. The molecule has 0 saturated heterocycles. The number of benzene rings is 1. The Balaban J connectivity index is 2.70. The van der Waals surface area contributed by atoms with Crippen LogP contribution in [0.2, 0.25) is 0 Å². The summed E-state index contributed by atoms with van der Waals surface area (Å²) in [5, 5.41) is 0. The van der Waals surface area contributed by atoms with Crippen molar-refractivity contribution < 1.29 is 4.74 Å². The van der Waals surface area contributed by atoms with Crippen LogP contribution in [0.5, 0.6) is 5.75 Å². The van der Waals surface area contributed by atoms with Gasteiger partial charge in [-0.2, -0.15) is 0 Å². The summed E-state index contributed by atoms with van der Waals surface area (Å²) < 4.78 is 5.95. The van der Waals surface area contributed by atoms with Crippen LogP contribution >= 0.6 is 0 Å². The number of nitrogens with two attached hydrogens (primary N) is 1. The van der Waals surface area contributed by atoms with E-state index in [1.165, 1.54) is 48.8 Å². The lowest BCUT2D eigenvalue weighted by Crippen LogP contribution is -2.38. The van der Waals surface area contributed by atoms with E-state index in [0.29, 0.717) is 11.8 Å². The smallest absolute Gasteiger partial charge is 0.126 e. The molecule has 0 aliphatic heterocycles. The van der Waals surface area contributed by atoms with Gasteiger partial charge in [0.2, 0.25) is 0 Å². The fourth-order valence-corrected chi connectivity index (χ4v) is 4.10. The molecule has 1 aliphatic rings. The summed E-state index contributed by atoms with van der Waals surface area (Å²) in [6.07, 6.45) is 6.29. The van der Waals surface area contributed by atoms with Crippen LogP contribution in [-0.2, 0) is 5.41 Å². The third kappa shape index (κ3) is 3.03. The molecular weight excluding hydrogens is 270 g/mol. The van der Waals surface area contributed by atoms with Gasteiger partial charge < -0.3 is 10.5 Å². The fraction of sp³-hybridized carbons (Fsp3) is 0.700. The van der Waals surface area contributed by atoms with E-state index < -0.39 is 0 Å². The molecule has 0 radical (unpaired) electrons. The average Bonchev–Trinajstić information content (AvgIpc) is 2.53. The number of ether oxygens (including phenoxy) is 1. The molecule has 2 nitrogen and oxygen atoms in total. The second kappa shape index (κ2) is 7.04. The highest BCUT2D eigenvalue weighted by Gasteiger charge is 2.38. The SMILES string of the molecule is COc1c(C(C)C)ccc(C(C)C)c1C1(CN)CCCCC1. The summed E-state index contributed by atoms with van der Waals surface area (Å²) in [6, 6.07) is 4.58. The highest BCUT2D eigenvalue weighted by Crippen LogP contribution is 2.48. The Morgan fingerprint density at radius 3 is 2.00 bits per heavy atom. The quantitative estimate of drug-likeness (QED) is 0.821. The predicted octanol–water partition coefficient (Wildman–Crippen LogP) is 5.10. The molecule has 1 aromatic rings. The first-order valence-corrected chi connectivity index (χ1v) is 8.88. The Morgan fingerprint density at radius 1 is 1.00 bits per heavy atom. The van der Waals surface area contributed by atoms with Gasteiger partial charge in [-0.05, 0) is 35.8 Å². The van der Waals surface area contributed by atoms with Gasteiger partial charge in [0.15, 0.2) is 0 Å². The standard InChI is InChI=1S/C20H33NO/c1-14(2)16-9-10-17(15(3)4)19(22-5)18(16)20(13-21)11-7-6-8-12-20/h9-10,14-15H,6-8,11-13,21H2,1-5H3. The zero-order valence-electron chi connectivity index (χ0n) is 15.0. The van der Waals surface area contributed by atoms with E-state index in [2.05, 4.69) is 39.8 Å². The molecule has 0 bridgehead atoms. The molecule has 2 heteroatoms. The summed E-state index contributed by atoms with van der Waals surface area (Å²) in [5.41, 5.74) is 10.6. The molecule has 124 valence electrons. The normalized spacial score (nSPS) is 18.0. The minimum atomic E-state index is 0.105. The van der Waals surface area contributed by atoms with Crippen LogP contribution in [0.25, 0.3) is 0 Å². The summed E-state index contributed by atoms with van der Waals surface area (Å²) in [7, 11) is 1.82. The molecule has 0 spiro atoms. The molecule has 1 fully saturated rings. The van der Waals surface area contributed by atoms with Gasteiger partial charge in [0.25, 0.3) is 0 Å². The molecule has 0 atom stereocenters. The van der Waals surface area contributed by atoms with Crippen LogP contribution in [0.3, 0.4) is 0 Å². The van der Waals surface area contributed by atoms with Gasteiger partial charge in [0.1, 0.15) is 5.75 Å². The van der Waals surface area contributed by atoms with Crippen LogP contribution in [-0.4, -0.2) is 13.7 Å². The van der Waals surface area contributed by atoms with Crippen LogP contribution in [0, 0.1) is 0 Å². The highest BCUT2D eigenvalue weighted by atomic mass is 16.5. The fourth-order valence-electron chi connectivity index (χ4n) is 4.10. The first kappa shape index (κ1) is 17.3. The molecular formula is C20H33NO. The van der Waals surface area contributed by atoms with Crippen molar-refractivity contribution in [1.29, 1.82) is 0 Å². The van der Waals surface area contributed by atoms with E-state index in [-0.39, 0.29) is 5.41 Å². The summed E-state index contributed by atoms with van der Waals surface area (Å²) in [6.45, 7) is 9.77. The molecule has 2 N–H and O–H groups in total. The van der Waals surface area contributed by atoms with Gasteiger partial charge in [0, 0.05) is 17.5 Å². The van der Waals surface area contributed by atoms with Crippen LogP contribution in [0.1, 0.15) is 88.3 Å². The molecule has 0 amide bonds. The second-order valence-electron chi connectivity index (χ2n) is 7.51. The van der Waals surface area contributed by atoms with Gasteiger partial charge in [-0.3, -0.25) is 0 Å². The maximum absolute atomic E-state index is 6.33. The van der Waals surface area contributed by atoms with Gasteiger partial charge in [-0.25, -0.2) is 0 Å². The molecule has 0 heterocycles. The monoisotopic (exact) mass is 303 g/mol. The van der Waals surface area contributed by atoms with Crippen molar-refractivity contribution in [2.45, 2.75) is 77.0 Å². The number of rotatable bonds is 5. The van der Waals surface area contributed by atoms with Crippen LogP contribution in [0.4, 0.5) is 0 Å².